The second-order valence-electron chi connectivity index (χ2n) is 3.40. The lowest BCUT2D eigenvalue weighted by atomic mass is 10.1. The van der Waals surface area contributed by atoms with Crippen molar-refractivity contribution in [3.63, 3.8) is 0 Å². The van der Waals surface area contributed by atoms with E-state index < -0.39 is 0 Å². The molecule has 0 saturated heterocycles. The van der Waals surface area contributed by atoms with Crippen molar-refractivity contribution in [2.45, 2.75) is 45.6 Å². The van der Waals surface area contributed by atoms with E-state index in [0.717, 1.165) is 25.7 Å². The highest BCUT2D eigenvalue weighted by molar-refractivity contribution is 5.81. The molecule has 0 radical (unpaired) electrons. The van der Waals surface area contributed by atoms with Gasteiger partial charge in [-0.1, -0.05) is 31.9 Å². The van der Waals surface area contributed by atoms with Crippen LogP contribution in [0.5, 0.6) is 0 Å². The molecule has 3 heteroatoms. The number of rotatable bonds is 7. The van der Waals surface area contributed by atoms with E-state index >= 15 is 0 Å². The zero-order valence-electron chi connectivity index (χ0n) is 9.25. The third kappa shape index (κ3) is 6.66. The molecular formula is C11H22N2O. The molecule has 0 aliphatic heterocycles. The number of unbranched alkanes of at least 4 members (excludes halogenated alkanes) is 1. The lowest BCUT2D eigenvalue weighted by Crippen LogP contribution is -2.40. The van der Waals surface area contributed by atoms with Crippen molar-refractivity contribution >= 4 is 5.91 Å². The maximum atomic E-state index is 11.4. The second-order valence-corrected chi connectivity index (χ2v) is 3.40. The first-order valence-corrected chi connectivity index (χ1v) is 5.36. The minimum absolute atomic E-state index is 0.0250. The van der Waals surface area contributed by atoms with Gasteiger partial charge in [-0.25, -0.2) is 0 Å². The van der Waals surface area contributed by atoms with Crippen LogP contribution in [-0.2, 0) is 4.79 Å². The van der Waals surface area contributed by atoms with Crippen molar-refractivity contribution < 1.29 is 4.79 Å². The Morgan fingerprint density at radius 2 is 2.29 bits per heavy atom. The molecule has 0 spiro atoms. The number of hydrogen-bond acceptors (Lipinski definition) is 2. The molecule has 0 aromatic heterocycles. The van der Waals surface area contributed by atoms with Gasteiger partial charge in [0.2, 0.25) is 5.91 Å². The average molecular weight is 198 g/mol. The molecule has 0 aromatic carbocycles. The zero-order valence-corrected chi connectivity index (χ0v) is 9.25. The highest BCUT2D eigenvalue weighted by Crippen LogP contribution is 1.97. The molecule has 0 aliphatic carbocycles. The van der Waals surface area contributed by atoms with Crippen molar-refractivity contribution in [1.29, 1.82) is 0 Å². The summed E-state index contributed by atoms with van der Waals surface area (Å²) in [6, 6.07) is -0.333. The quantitative estimate of drug-likeness (QED) is 0.482. The summed E-state index contributed by atoms with van der Waals surface area (Å²) >= 11 is 0. The predicted molar refractivity (Wildman–Crippen MR) is 59.9 cm³/mol. The normalized spacial score (nSPS) is 13.1. The fourth-order valence-corrected chi connectivity index (χ4v) is 1.13. The Morgan fingerprint density at radius 1 is 1.57 bits per heavy atom. The lowest BCUT2D eigenvalue weighted by molar-refractivity contribution is -0.122. The Hall–Kier alpha value is -0.830. The first kappa shape index (κ1) is 13.2. The number of nitrogens with two attached hydrogens (primary N) is 1. The van der Waals surface area contributed by atoms with Crippen LogP contribution in [0.4, 0.5) is 0 Å². The van der Waals surface area contributed by atoms with Gasteiger partial charge < -0.3 is 11.1 Å². The van der Waals surface area contributed by atoms with E-state index in [4.69, 9.17) is 5.73 Å². The first-order chi connectivity index (χ1) is 6.72. The van der Waals surface area contributed by atoms with Crippen molar-refractivity contribution in [2.75, 3.05) is 6.54 Å². The molecule has 0 rings (SSSR count). The van der Waals surface area contributed by atoms with Crippen molar-refractivity contribution in [2.24, 2.45) is 5.73 Å². The molecule has 0 heterocycles. The molecule has 14 heavy (non-hydrogen) atoms. The Labute approximate surface area is 86.8 Å². The highest BCUT2D eigenvalue weighted by Gasteiger charge is 2.10. The van der Waals surface area contributed by atoms with E-state index in [2.05, 4.69) is 12.2 Å². The van der Waals surface area contributed by atoms with Gasteiger partial charge in [-0.15, -0.1) is 0 Å². The van der Waals surface area contributed by atoms with Gasteiger partial charge in [0, 0.05) is 6.54 Å². The number of carbonyl (C=O) groups is 1. The molecule has 0 fully saturated rings. The summed E-state index contributed by atoms with van der Waals surface area (Å²) in [5.74, 6) is -0.0250. The minimum Gasteiger partial charge on any atom is -0.354 e. The van der Waals surface area contributed by atoms with Crippen molar-refractivity contribution in [3.8, 4) is 0 Å². The van der Waals surface area contributed by atoms with Crippen LogP contribution in [0.25, 0.3) is 0 Å². The van der Waals surface area contributed by atoms with Gasteiger partial charge in [0.25, 0.3) is 0 Å². The number of hydrogen-bond donors (Lipinski definition) is 2. The van der Waals surface area contributed by atoms with Crippen LogP contribution in [0.1, 0.15) is 39.5 Å². The van der Waals surface area contributed by atoms with Gasteiger partial charge in [-0.05, 0) is 19.8 Å². The third-order valence-electron chi connectivity index (χ3n) is 2.05. The molecular weight excluding hydrogens is 176 g/mol. The van der Waals surface area contributed by atoms with Gasteiger partial charge in [-0.3, -0.25) is 4.79 Å². The Bertz CT molecular complexity index is 178. The van der Waals surface area contributed by atoms with Crippen LogP contribution < -0.4 is 11.1 Å². The summed E-state index contributed by atoms with van der Waals surface area (Å²) in [6.45, 7) is 4.74. The maximum Gasteiger partial charge on any atom is 0.236 e. The first-order valence-electron chi connectivity index (χ1n) is 5.36. The maximum absolute atomic E-state index is 11.4. The summed E-state index contributed by atoms with van der Waals surface area (Å²) in [5, 5.41) is 2.81. The van der Waals surface area contributed by atoms with Gasteiger partial charge >= 0.3 is 0 Å². The molecule has 1 amide bonds. The topological polar surface area (TPSA) is 55.1 Å². The van der Waals surface area contributed by atoms with E-state index in [1.807, 2.05) is 19.1 Å². The molecule has 0 saturated carbocycles. The summed E-state index contributed by atoms with van der Waals surface area (Å²) in [6.07, 6.45) is 7.76. The minimum atomic E-state index is -0.333. The van der Waals surface area contributed by atoms with Crippen LogP contribution in [-0.4, -0.2) is 18.5 Å². The van der Waals surface area contributed by atoms with Crippen LogP contribution in [0.3, 0.4) is 0 Å². The Morgan fingerprint density at radius 3 is 2.86 bits per heavy atom. The smallest absolute Gasteiger partial charge is 0.236 e. The molecule has 82 valence electrons. The van der Waals surface area contributed by atoms with Gasteiger partial charge in [0.15, 0.2) is 0 Å². The van der Waals surface area contributed by atoms with Gasteiger partial charge in [-0.2, -0.15) is 0 Å². The molecule has 0 aromatic rings. The summed E-state index contributed by atoms with van der Waals surface area (Å²) in [7, 11) is 0. The fourth-order valence-electron chi connectivity index (χ4n) is 1.13. The monoisotopic (exact) mass is 198 g/mol. The highest BCUT2D eigenvalue weighted by atomic mass is 16.2. The van der Waals surface area contributed by atoms with Gasteiger partial charge in [0.1, 0.15) is 0 Å². The zero-order chi connectivity index (χ0) is 10.8. The average Bonchev–Trinajstić information content (AvgIpc) is 2.20. The summed E-state index contributed by atoms with van der Waals surface area (Å²) in [5.41, 5.74) is 5.69. The van der Waals surface area contributed by atoms with Crippen molar-refractivity contribution in [1.82, 2.24) is 5.32 Å². The molecule has 0 aliphatic rings. The van der Waals surface area contributed by atoms with E-state index in [-0.39, 0.29) is 11.9 Å². The predicted octanol–water partition coefficient (Wildman–Crippen LogP) is 1.59. The van der Waals surface area contributed by atoms with Crippen LogP contribution in [0, 0.1) is 0 Å². The van der Waals surface area contributed by atoms with Crippen LogP contribution in [0.15, 0.2) is 12.2 Å². The van der Waals surface area contributed by atoms with E-state index in [1.54, 1.807) is 0 Å². The largest absolute Gasteiger partial charge is 0.354 e. The molecule has 0 unspecified atom stereocenters. The van der Waals surface area contributed by atoms with Crippen LogP contribution in [0.2, 0.25) is 0 Å². The molecule has 3 nitrogen and oxygen atoms in total. The number of carbonyl (C=O) groups excluding carboxylic acids is 1. The summed E-state index contributed by atoms with van der Waals surface area (Å²) < 4.78 is 0. The third-order valence-corrected chi connectivity index (χ3v) is 2.05. The molecule has 1 atom stereocenters. The van der Waals surface area contributed by atoms with E-state index in [0.29, 0.717) is 6.54 Å². The Balaban J connectivity index is 3.51. The second kappa shape index (κ2) is 8.75. The Kier molecular flexibility index (Phi) is 8.24. The van der Waals surface area contributed by atoms with Crippen LogP contribution >= 0.6 is 0 Å². The molecule has 0 bridgehead atoms. The van der Waals surface area contributed by atoms with E-state index in [9.17, 15) is 4.79 Å². The number of nitrogens with one attached hydrogen (secondary N) is 1. The summed E-state index contributed by atoms with van der Waals surface area (Å²) in [4.78, 5) is 11.4. The molecule has 3 N–H and O–H groups in total. The van der Waals surface area contributed by atoms with Gasteiger partial charge in [0.05, 0.1) is 6.04 Å². The number of amides is 1. The lowest BCUT2D eigenvalue weighted by Gasteiger charge is -2.10. The fraction of sp³-hybridized carbons (Fsp3) is 0.727. The SMILES string of the molecule is C/C=C/CCNC(=O)[C@@H](N)CCCC. The number of allylic oxidation sites excluding steroid dienone is 1. The van der Waals surface area contributed by atoms with Crippen molar-refractivity contribution in [3.05, 3.63) is 12.2 Å². The van der Waals surface area contributed by atoms with E-state index in [1.165, 1.54) is 0 Å². The standard InChI is InChI=1S/C11H22N2O/c1-3-5-7-9-13-11(14)10(12)8-6-4-2/h3,5,10H,4,6-9,12H2,1-2H3,(H,13,14)/b5-3+/t10-/m0/s1.